The summed E-state index contributed by atoms with van der Waals surface area (Å²) in [6.07, 6.45) is -0.150. The Morgan fingerprint density at radius 1 is 1.19 bits per heavy atom. The molecule has 0 aliphatic carbocycles. The van der Waals surface area contributed by atoms with Crippen LogP contribution in [0.5, 0.6) is 0 Å². The Labute approximate surface area is 185 Å². The molecule has 0 radical (unpaired) electrons. The topological polar surface area (TPSA) is 99.4 Å². The number of carbonyl (C=O) groups is 1. The number of nitrogens with zero attached hydrogens (tertiary/aromatic N) is 5. The number of carbonyl (C=O) groups excluding carboxylic acids is 1. The van der Waals surface area contributed by atoms with Crippen molar-refractivity contribution in [2.75, 3.05) is 24.8 Å². The largest absolute Gasteiger partial charge is 0.441 e. The highest BCUT2D eigenvalue weighted by molar-refractivity contribution is 7.57. The monoisotopic (exact) mass is 453 g/mol. The van der Waals surface area contributed by atoms with Gasteiger partial charge in [0, 0.05) is 18.9 Å². The minimum absolute atomic E-state index is 0.134. The molecule has 2 atom stereocenters. The van der Waals surface area contributed by atoms with Gasteiger partial charge in [-0.3, -0.25) is 9.46 Å². The van der Waals surface area contributed by atoms with E-state index in [1.165, 1.54) is 4.80 Å². The van der Waals surface area contributed by atoms with Crippen molar-refractivity contribution in [3.8, 4) is 22.5 Å². The van der Waals surface area contributed by atoms with E-state index < -0.39 is 13.5 Å². The zero-order chi connectivity index (χ0) is 22.6. The molecule has 166 valence electrons. The van der Waals surface area contributed by atoms with E-state index in [2.05, 4.69) is 27.5 Å². The molecule has 1 saturated heterocycles. The van der Waals surface area contributed by atoms with E-state index in [-0.39, 0.29) is 18.7 Å². The molecule has 2 aromatic carbocycles. The number of hydrogen-bond donors (Lipinski definition) is 0. The molecule has 0 spiro atoms. The first kappa shape index (κ1) is 20.8. The van der Waals surface area contributed by atoms with Crippen LogP contribution in [0, 0.1) is 6.92 Å². The van der Waals surface area contributed by atoms with Crippen LogP contribution < -0.4 is 4.90 Å². The Balaban J connectivity index is 1.40. The van der Waals surface area contributed by atoms with Gasteiger partial charge in [0.25, 0.3) is 0 Å². The molecule has 1 amide bonds. The number of benzene rings is 2. The number of rotatable bonds is 5. The predicted octanol–water partition coefficient (Wildman–Crippen LogP) is 3.66. The first-order valence-corrected chi connectivity index (χ1v) is 12.9. The molecule has 0 saturated carbocycles. The summed E-state index contributed by atoms with van der Waals surface area (Å²) in [5, 5.41) is 12.3. The number of aryl methyl sites for hydroxylation is 2. The lowest BCUT2D eigenvalue weighted by Crippen LogP contribution is -2.35. The molecule has 1 fully saturated rings. The summed E-state index contributed by atoms with van der Waals surface area (Å²) in [6.45, 7) is 5.28. The molecular weight excluding hydrogens is 429 g/mol. The second kappa shape index (κ2) is 7.53. The minimum Gasteiger partial charge on any atom is -0.441 e. The van der Waals surface area contributed by atoms with E-state index in [0.29, 0.717) is 12.2 Å². The Kier molecular flexibility index (Phi) is 4.91. The van der Waals surface area contributed by atoms with Gasteiger partial charge in [-0.05, 0) is 52.9 Å². The van der Waals surface area contributed by atoms with Gasteiger partial charge in [0.15, 0.2) is 7.37 Å². The number of fused-ring (bicyclic) bond motifs is 3. The van der Waals surface area contributed by atoms with Gasteiger partial charge in [0.1, 0.15) is 6.10 Å². The van der Waals surface area contributed by atoms with Crippen LogP contribution in [0.1, 0.15) is 11.1 Å². The summed E-state index contributed by atoms with van der Waals surface area (Å²) in [4.78, 5) is 15.6. The van der Waals surface area contributed by atoms with E-state index in [9.17, 15) is 9.36 Å². The maximum atomic E-state index is 12.5. The van der Waals surface area contributed by atoms with Crippen LogP contribution in [0.25, 0.3) is 22.5 Å². The first-order chi connectivity index (χ1) is 15.2. The molecule has 1 aromatic heterocycles. The third kappa shape index (κ3) is 3.72. The number of anilines is 1. The lowest BCUT2D eigenvalue weighted by molar-refractivity contribution is 0.0935. The van der Waals surface area contributed by atoms with Crippen LogP contribution in [0.2, 0.25) is 0 Å². The van der Waals surface area contributed by atoms with Crippen LogP contribution in [0.3, 0.4) is 0 Å². The Morgan fingerprint density at radius 3 is 2.62 bits per heavy atom. The van der Waals surface area contributed by atoms with Gasteiger partial charge in [-0.15, -0.1) is 10.2 Å². The quantitative estimate of drug-likeness (QED) is 0.544. The van der Waals surface area contributed by atoms with Crippen molar-refractivity contribution >= 4 is 19.1 Å². The SMILES string of the molecule is Cc1cc(-c2ccc3c(c2)CC2C(COP(C)(C)=O)OC(=O)N32)ccc1-c1nnn(C)n1. The zero-order valence-corrected chi connectivity index (χ0v) is 19.2. The molecule has 3 heterocycles. The molecule has 0 bridgehead atoms. The number of aromatic nitrogens is 4. The van der Waals surface area contributed by atoms with Crippen molar-refractivity contribution in [1.29, 1.82) is 0 Å². The second-order valence-electron chi connectivity index (χ2n) is 8.59. The highest BCUT2D eigenvalue weighted by Gasteiger charge is 2.47. The maximum Gasteiger partial charge on any atom is 0.415 e. The second-order valence-corrected chi connectivity index (χ2v) is 11.3. The van der Waals surface area contributed by atoms with E-state index in [1.807, 2.05) is 31.2 Å². The van der Waals surface area contributed by atoms with Crippen LogP contribution in [-0.4, -0.2) is 58.4 Å². The van der Waals surface area contributed by atoms with E-state index in [1.54, 1.807) is 25.3 Å². The van der Waals surface area contributed by atoms with Gasteiger partial charge in [0.05, 0.1) is 25.4 Å². The maximum absolute atomic E-state index is 12.5. The Morgan fingerprint density at radius 2 is 1.94 bits per heavy atom. The zero-order valence-electron chi connectivity index (χ0n) is 18.3. The molecule has 5 rings (SSSR count). The molecule has 2 aliphatic rings. The van der Waals surface area contributed by atoms with Gasteiger partial charge in [-0.1, -0.05) is 24.3 Å². The molecule has 10 heteroatoms. The summed E-state index contributed by atoms with van der Waals surface area (Å²) < 4.78 is 22.9. The van der Waals surface area contributed by atoms with Crippen LogP contribution in [-0.2, 0) is 27.3 Å². The van der Waals surface area contributed by atoms with Gasteiger partial charge in [0.2, 0.25) is 5.82 Å². The first-order valence-electron chi connectivity index (χ1n) is 10.4. The van der Waals surface area contributed by atoms with E-state index in [0.717, 1.165) is 33.5 Å². The number of hydrogen-bond acceptors (Lipinski definition) is 7. The number of cyclic esters (lactones) is 1. The fourth-order valence-corrected chi connectivity index (χ4v) is 4.85. The van der Waals surface area contributed by atoms with Crippen molar-refractivity contribution in [1.82, 2.24) is 20.2 Å². The molecule has 3 aromatic rings. The third-order valence-electron chi connectivity index (χ3n) is 5.84. The number of amides is 1. The fourth-order valence-electron chi connectivity index (χ4n) is 4.34. The van der Waals surface area contributed by atoms with Gasteiger partial charge in [-0.25, -0.2) is 4.79 Å². The van der Waals surface area contributed by atoms with Gasteiger partial charge < -0.3 is 9.26 Å². The summed E-state index contributed by atoms with van der Waals surface area (Å²) >= 11 is 0. The number of ether oxygens (including phenoxy) is 1. The molecule has 0 N–H and O–H groups in total. The normalized spacial score (nSPS) is 19.8. The molecule has 2 unspecified atom stereocenters. The number of tetrazole rings is 1. The lowest BCUT2D eigenvalue weighted by Gasteiger charge is -2.17. The van der Waals surface area contributed by atoms with Crippen molar-refractivity contribution in [2.45, 2.75) is 25.5 Å². The summed E-state index contributed by atoms with van der Waals surface area (Å²) in [5.74, 6) is 0.599. The molecule has 32 heavy (non-hydrogen) atoms. The highest BCUT2D eigenvalue weighted by atomic mass is 31.2. The fraction of sp³-hybridized carbons (Fsp3) is 0.364. The lowest BCUT2D eigenvalue weighted by atomic mass is 9.97. The third-order valence-corrected chi connectivity index (χ3v) is 6.61. The van der Waals surface area contributed by atoms with Gasteiger partial charge >= 0.3 is 6.09 Å². The average Bonchev–Trinajstić information content (AvgIpc) is 3.40. The Hall–Kier alpha value is -3.03. The molecule has 2 aliphatic heterocycles. The predicted molar refractivity (Wildman–Crippen MR) is 120 cm³/mol. The van der Waals surface area contributed by atoms with Crippen LogP contribution in [0.4, 0.5) is 10.5 Å². The van der Waals surface area contributed by atoms with E-state index >= 15 is 0 Å². The molecule has 9 nitrogen and oxygen atoms in total. The van der Waals surface area contributed by atoms with Crippen molar-refractivity contribution in [2.24, 2.45) is 7.05 Å². The summed E-state index contributed by atoms with van der Waals surface area (Å²) in [6, 6.07) is 12.1. The van der Waals surface area contributed by atoms with Crippen LogP contribution >= 0.6 is 7.37 Å². The summed E-state index contributed by atoms with van der Waals surface area (Å²) in [5.41, 5.74) is 6.09. The smallest absolute Gasteiger partial charge is 0.415 e. The van der Waals surface area contributed by atoms with Crippen LogP contribution in [0.15, 0.2) is 36.4 Å². The summed E-state index contributed by atoms with van der Waals surface area (Å²) in [7, 11) is -0.908. The van der Waals surface area contributed by atoms with E-state index in [4.69, 9.17) is 9.26 Å². The van der Waals surface area contributed by atoms with Crippen molar-refractivity contribution in [3.05, 3.63) is 47.5 Å². The highest BCUT2D eigenvalue weighted by Crippen LogP contribution is 2.43. The van der Waals surface area contributed by atoms with Gasteiger partial charge in [-0.2, -0.15) is 4.80 Å². The minimum atomic E-state index is -2.65. The standard InChI is InChI=1S/C22H24N5O4P/c1-13-9-14(5-7-17(13)21-23-25-26(2)24-21)15-6-8-18-16(10-15)11-19-20(12-30-32(3,4)29)31-22(28)27(18)19/h5-10,19-20H,11-12H2,1-4H3. The Bertz CT molecular complexity index is 1270. The van der Waals surface area contributed by atoms with Crippen molar-refractivity contribution in [3.63, 3.8) is 0 Å². The average molecular weight is 453 g/mol. The van der Waals surface area contributed by atoms with Crippen molar-refractivity contribution < 1.29 is 18.6 Å². The molecular formula is C22H24N5O4P.